The molecular weight excluding hydrogens is 503 g/mol. The average Bonchev–Trinajstić information content (AvgIpc) is 2.81. The van der Waals surface area contributed by atoms with Gasteiger partial charge in [0, 0.05) is 26.2 Å². The summed E-state index contributed by atoms with van der Waals surface area (Å²) < 4.78 is 11.3. The molecule has 2 aromatic rings. The van der Waals surface area contributed by atoms with Gasteiger partial charge in [-0.15, -0.1) is 24.0 Å². The minimum atomic E-state index is 0. The van der Waals surface area contributed by atoms with Crippen LogP contribution in [-0.4, -0.2) is 56.8 Å². The van der Waals surface area contributed by atoms with Crippen molar-refractivity contribution in [3.63, 3.8) is 0 Å². The number of aliphatic imine (C=N–C) groups is 1. The van der Waals surface area contributed by atoms with E-state index in [9.17, 15) is 0 Å². The summed E-state index contributed by atoms with van der Waals surface area (Å²) in [7, 11) is 0. The summed E-state index contributed by atoms with van der Waals surface area (Å²) in [4.78, 5) is 7.17. The van der Waals surface area contributed by atoms with Crippen LogP contribution in [0.1, 0.15) is 24.5 Å². The number of benzene rings is 2. The number of guanidine groups is 1. The van der Waals surface area contributed by atoms with Gasteiger partial charge in [-0.05, 0) is 43.1 Å². The molecule has 3 rings (SSSR count). The molecule has 6 nitrogen and oxygen atoms in total. The second-order valence-electron chi connectivity index (χ2n) is 7.35. The summed E-state index contributed by atoms with van der Waals surface area (Å²) in [6.45, 7) is 9.95. The van der Waals surface area contributed by atoms with Crippen LogP contribution in [0.3, 0.4) is 0 Å². The normalized spacial score (nSPS) is 14.5. The molecule has 0 saturated carbocycles. The van der Waals surface area contributed by atoms with Crippen LogP contribution in [0.25, 0.3) is 0 Å². The van der Waals surface area contributed by atoms with Crippen molar-refractivity contribution in [2.75, 3.05) is 45.9 Å². The molecule has 0 amide bonds. The summed E-state index contributed by atoms with van der Waals surface area (Å²) >= 11 is 0. The predicted molar refractivity (Wildman–Crippen MR) is 137 cm³/mol. The fourth-order valence-electron chi connectivity index (χ4n) is 3.28. The third kappa shape index (κ3) is 9.88. The van der Waals surface area contributed by atoms with E-state index >= 15 is 0 Å². The molecule has 0 bridgehead atoms. The van der Waals surface area contributed by atoms with Crippen molar-refractivity contribution in [2.45, 2.75) is 26.5 Å². The van der Waals surface area contributed by atoms with Crippen molar-refractivity contribution in [2.24, 2.45) is 4.99 Å². The predicted octanol–water partition coefficient (Wildman–Crippen LogP) is 3.66. The monoisotopic (exact) mass is 538 g/mol. The average molecular weight is 538 g/mol. The Hall–Kier alpha value is -1.84. The van der Waals surface area contributed by atoms with Gasteiger partial charge in [-0.2, -0.15) is 0 Å². The number of nitrogens with zero attached hydrogens (tertiary/aromatic N) is 2. The van der Waals surface area contributed by atoms with Crippen LogP contribution in [0.4, 0.5) is 0 Å². The van der Waals surface area contributed by atoms with E-state index in [4.69, 9.17) is 14.5 Å². The second-order valence-corrected chi connectivity index (χ2v) is 7.35. The first-order valence-corrected chi connectivity index (χ1v) is 10.9. The standard InChI is InChI=1S/C24H34N4O2.HI/c1-2-25-24(26-13-6-14-28-15-17-29-18-16-28)27-19-21-9-11-23(12-10-21)30-20-22-7-4-3-5-8-22;/h3-5,7-12H,2,6,13-20H2,1H3,(H2,25,26,27);1H. The van der Waals surface area contributed by atoms with Crippen molar-refractivity contribution < 1.29 is 9.47 Å². The molecule has 1 fully saturated rings. The Morgan fingerprint density at radius 3 is 2.45 bits per heavy atom. The minimum absolute atomic E-state index is 0. The Morgan fingerprint density at radius 1 is 1.00 bits per heavy atom. The SMILES string of the molecule is CCNC(=NCc1ccc(OCc2ccccc2)cc1)NCCCN1CCOCC1.I. The van der Waals surface area contributed by atoms with Gasteiger partial charge in [-0.1, -0.05) is 42.5 Å². The van der Waals surface area contributed by atoms with Gasteiger partial charge in [0.25, 0.3) is 0 Å². The molecule has 7 heteroatoms. The molecule has 0 atom stereocenters. The quantitative estimate of drug-likeness (QED) is 0.209. The largest absolute Gasteiger partial charge is 0.489 e. The van der Waals surface area contributed by atoms with E-state index in [-0.39, 0.29) is 24.0 Å². The Kier molecular flexibility index (Phi) is 12.3. The summed E-state index contributed by atoms with van der Waals surface area (Å²) in [5, 5.41) is 6.76. The molecule has 1 aliphatic heterocycles. The van der Waals surface area contributed by atoms with Crippen molar-refractivity contribution in [3.8, 4) is 5.75 Å². The van der Waals surface area contributed by atoms with Crippen LogP contribution in [0.2, 0.25) is 0 Å². The van der Waals surface area contributed by atoms with E-state index in [1.165, 1.54) is 5.56 Å². The van der Waals surface area contributed by atoms with E-state index < -0.39 is 0 Å². The number of hydrogen-bond acceptors (Lipinski definition) is 4. The fourth-order valence-corrected chi connectivity index (χ4v) is 3.28. The van der Waals surface area contributed by atoms with Crippen molar-refractivity contribution in [1.29, 1.82) is 0 Å². The number of rotatable bonds is 10. The molecule has 0 spiro atoms. The molecule has 2 aromatic carbocycles. The topological polar surface area (TPSA) is 58.1 Å². The zero-order valence-corrected chi connectivity index (χ0v) is 20.7. The lowest BCUT2D eigenvalue weighted by molar-refractivity contribution is 0.0376. The van der Waals surface area contributed by atoms with Crippen LogP contribution in [0.5, 0.6) is 5.75 Å². The molecular formula is C24H35IN4O2. The maximum Gasteiger partial charge on any atom is 0.191 e. The lowest BCUT2D eigenvalue weighted by Gasteiger charge is -2.26. The minimum Gasteiger partial charge on any atom is -0.489 e. The Balaban J connectivity index is 0.00000341. The van der Waals surface area contributed by atoms with Gasteiger partial charge in [-0.3, -0.25) is 4.90 Å². The van der Waals surface area contributed by atoms with E-state index in [0.717, 1.165) is 69.6 Å². The fraction of sp³-hybridized carbons (Fsp3) is 0.458. The van der Waals surface area contributed by atoms with Gasteiger partial charge in [0.1, 0.15) is 12.4 Å². The maximum atomic E-state index is 5.85. The Bertz CT molecular complexity index is 750. The van der Waals surface area contributed by atoms with E-state index in [0.29, 0.717) is 13.2 Å². The Morgan fingerprint density at radius 2 is 1.74 bits per heavy atom. The van der Waals surface area contributed by atoms with Gasteiger partial charge < -0.3 is 20.1 Å². The van der Waals surface area contributed by atoms with Crippen LogP contribution >= 0.6 is 24.0 Å². The van der Waals surface area contributed by atoms with Gasteiger partial charge in [0.2, 0.25) is 0 Å². The molecule has 0 aromatic heterocycles. The van der Waals surface area contributed by atoms with Crippen LogP contribution in [0.15, 0.2) is 59.6 Å². The molecule has 2 N–H and O–H groups in total. The highest BCUT2D eigenvalue weighted by Crippen LogP contribution is 2.14. The number of hydrogen-bond donors (Lipinski definition) is 2. The maximum absolute atomic E-state index is 5.85. The highest BCUT2D eigenvalue weighted by molar-refractivity contribution is 14.0. The molecule has 170 valence electrons. The third-order valence-corrected chi connectivity index (χ3v) is 4.98. The molecule has 31 heavy (non-hydrogen) atoms. The van der Waals surface area contributed by atoms with E-state index in [1.54, 1.807) is 0 Å². The summed E-state index contributed by atoms with van der Waals surface area (Å²) in [5.74, 6) is 1.74. The number of nitrogens with one attached hydrogen (secondary N) is 2. The summed E-state index contributed by atoms with van der Waals surface area (Å²) in [5.41, 5.74) is 2.33. The van der Waals surface area contributed by atoms with E-state index in [2.05, 4.69) is 46.7 Å². The van der Waals surface area contributed by atoms with Gasteiger partial charge in [-0.25, -0.2) is 4.99 Å². The highest BCUT2D eigenvalue weighted by Gasteiger charge is 2.09. The van der Waals surface area contributed by atoms with Gasteiger partial charge in [0.15, 0.2) is 5.96 Å². The second kappa shape index (κ2) is 15.0. The van der Waals surface area contributed by atoms with Crippen molar-refractivity contribution in [3.05, 3.63) is 65.7 Å². The van der Waals surface area contributed by atoms with Crippen molar-refractivity contribution >= 4 is 29.9 Å². The van der Waals surface area contributed by atoms with Crippen molar-refractivity contribution in [1.82, 2.24) is 15.5 Å². The van der Waals surface area contributed by atoms with Gasteiger partial charge >= 0.3 is 0 Å². The summed E-state index contributed by atoms with van der Waals surface area (Å²) in [6, 6.07) is 18.4. The van der Waals surface area contributed by atoms with Crippen LogP contribution in [0, 0.1) is 0 Å². The zero-order valence-electron chi connectivity index (χ0n) is 18.4. The summed E-state index contributed by atoms with van der Waals surface area (Å²) in [6.07, 6.45) is 1.10. The zero-order chi connectivity index (χ0) is 20.9. The lowest BCUT2D eigenvalue weighted by Crippen LogP contribution is -2.40. The molecule has 0 unspecified atom stereocenters. The first-order valence-electron chi connectivity index (χ1n) is 10.9. The number of ether oxygens (including phenoxy) is 2. The number of morpholine rings is 1. The van der Waals surface area contributed by atoms with Gasteiger partial charge in [0.05, 0.1) is 19.8 Å². The first kappa shape index (κ1) is 25.4. The van der Waals surface area contributed by atoms with E-state index in [1.807, 2.05) is 30.3 Å². The molecule has 1 saturated heterocycles. The van der Waals surface area contributed by atoms with Crippen LogP contribution in [-0.2, 0) is 17.9 Å². The molecule has 1 aliphatic rings. The Labute approximate surface area is 203 Å². The van der Waals surface area contributed by atoms with Crippen LogP contribution < -0.4 is 15.4 Å². The molecule has 0 aliphatic carbocycles. The smallest absolute Gasteiger partial charge is 0.191 e. The third-order valence-electron chi connectivity index (χ3n) is 4.98. The lowest BCUT2D eigenvalue weighted by atomic mass is 10.2. The highest BCUT2D eigenvalue weighted by atomic mass is 127. The molecule has 1 heterocycles. The number of halogens is 1. The molecule has 0 radical (unpaired) electrons. The first-order chi connectivity index (χ1) is 14.8.